The van der Waals surface area contributed by atoms with Gasteiger partial charge in [-0.25, -0.2) is 0 Å². The molecule has 0 aliphatic heterocycles. The van der Waals surface area contributed by atoms with Crippen molar-refractivity contribution in [3.63, 3.8) is 0 Å². The molecule has 0 unspecified atom stereocenters. The SMILES string of the molecule is C=C(C)Cn1cc(C(=O)CCl)cn1. The van der Waals surface area contributed by atoms with Gasteiger partial charge >= 0.3 is 0 Å². The van der Waals surface area contributed by atoms with E-state index in [-0.39, 0.29) is 11.7 Å². The number of carbonyl (C=O) groups is 1. The van der Waals surface area contributed by atoms with Crippen molar-refractivity contribution in [2.75, 3.05) is 5.88 Å². The van der Waals surface area contributed by atoms with Gasteiger partial charge in [-0.2, -0.15) is 5.10 Å². The van der Waals surface area contributed by atoms with Crippen molar-refractivity contribution in [2.24, 2.45) is 0 Å². The molecule has 1 rings (SSSR count). The number of nitrogens with zero attached hydrogens (tertiary/aromatic N) is 2. The van der Waals surface area contributed by atoms with Gasteiger partial charge in [0.2, 0.25) is 0 Å². The van der Waals surface area contributed by atoms with Crippen molar-refractivity contribution in [2.45, 2.75) is 13.5 Å². The molecule has 1 aromatic heterocycles. The molecule has 0 aromatic carbocycles. The van der Waals surface area contributed by atoms with Crippen LogP contribution in [0, 0.1) is 0 Å². The zero-order valence-electron chi connectivity index (χ0n) is 7.46. The first-order chi connectivity index (χ1) is 6.13. The summed E-state index contributed by atoms with van der Waals surface area (Å²) in [6, 6.07) is 0. The zero-order valence-corrected chi connectivity index (χ0v) is 8.21. The average molecular weight is 199 g/mol. The van der Waals surface area contributed by atoms with Crippen LogP contribution in [0.4, 0.5) is 0 Å². The van der Waals surface area contributed by atoms with Crippen LogP contribution in [0.5, 0.6) is 0 Å². The molecule has 0 saturated heterocycles. The van der Waals surface area contributed by atoms with E-state index in [1.54, 1.807) is 10.9 Å². The minimum atomic E-state index is -0.102. The second kappa shape index (κ2) is 4.23. The van der Waals surface area contributed by atoms with Gasteiger partial charge in [-0.15, -0.1) is 11.6 Å². The van der Waals surface area contributed by atoms with Crippen LogP contribution in [0.2, 0.25) is 0 Å². The van der Waals surface area contributed by atoms with Gasteiger partial charge in [0.1, 0.15) is 0 Å². The first-order valence-electron chi connectivity index (χ1n) is 3.89. The van der Waals surface area contributed by atoms with E-state index in [4.69, 9.17) is 11.6 Å². The van der Waals surface area contributed by atoms with Gasteiger partial charge in [0.05, 0.1) is 24.2 Å². The molecule has 0 aliphatic carbocycles. The summed E-state index contributed by atoms with van der Waals surface area (Å²) in [6.07, 6.45) is 3.20. The van der Waals surface area contributed by atoms with Crippen LogP contribution < -0.4 is 0 Å². The predicted octanol–water partition coefficient (Wildman–Crippen LogP) is 1.88. The van der Waals surface area contributed by atoms with Gasteiger partial charge in [0.15, 0.2) is 5.78 Å². The maximum atomic E-state index is 11.1. The number of hydrogen-bond donors (Lipinski definition) is 0. The standard InChI is InChI=1S/C9H11ClN2O/c1-7(2)5-12-6-8(4-11-12)9(13)3-10/h4,6H,1,3,5H2,2H3. The number of alkyl halides is 1. The summed E-state index contributed by atoms with van der Waals surface area (Å²) in [6.45, 7) is 6.29. The normalized spacial score (nSPS) is 10.0. The number of carbonyl (C=O) groups excluding carboxylic acids is 1. The van der Waals surface area contributed by atoms with E-state index in [2.05, 4.69) is 11.7 Å². The number of Topliss-reactive ketones (excluding diaryl/α,β-unsaturated/α-hetero) is 1. The Hall–Kier alpha value is -1.09. The topological polar surface area (TPSA) is 34.9 Å². The number of rotatable bonds is 4. The molecular formula is C9H11ClN2O. The summed E-state index contributed by atoms with van der Waals surface area (Å²) < 4.78 is 1.67. The quantitative estimate of drug-likeness (QED) is 0.421. The molecule has 0 N–H and O–H groups in total. The third-order valence-electron chi connectivity index (χ3n) is 1.51. The molecule has 70 valence electrons. The molecule has 0 amide bonds. The third kappa shape index (κ3) is 2.70. The minimum Gasteiger partial charge on any atom is -0.293 e. The monoisotopic (exact) mass is 198 g/mol. The van der Waals surface area contributed by atoms with Crippen LogP contribution in [0.15, 0.2) is 24.5 Å². The fourth-order valence-electron chi connectivity index (χ4n) is 0.948. The number of halogens is 1. The first-order valence-corrected chi connectivity index (χ1v) is 4.43. The first kappa shape index (κ1) is 9.99. The second-order valence-corrected chi connectivity index (χ2v) is 3.21. The van der Waals surface area contributed by atoms with E-state index in [0.717, 1.165) is 5.57 Å². The van der Waals surface area contributed by atoms with Crippen LogP contribution in [-0.2, 0) is 6.54 Å². The van der Waals surface area contributed by atoms with Gasteiger partial charge in [-0.1, -0.05) is 12.2 Å². The Morgan fingerprint density at radius 3 is 3.00 bits per heavy atom. The highest BCUT2D eigenvalue weighted by atomic mass is 35.5. The van der Waals surface area contributed by atoms with E-state index in [1.807, 2.05) is 6.92 Å². The molecule has 1 heterocycles. The number of allylic oxidation sites excluding steroid dienone is 1. The number of hydrogen-bond acceptors (Lipinski definition) is 2. The van der Waals surface area contributed by atoms with Crippen LogP contribution in [0.25, 0.3) is 0 Å². The van der Waals surface area contributed by atoms with E-state index in [1.165, 1.54) is 6.20 Å². The lowest BCUT2D eigenvalue weighted by molar-refractivity contribution is 0.102. The highest BCUT2D eigenvalue weighted by molar-refractivity contribution is 6.30. The Morgan fingerprint density at radius 1 is 1.77 bits per heavy atom. The summed E-state index contributed by atoms with van der Waals surface area (Å²) in [5, 5.41) is 4.00. The van der Waals surface area contributed by atoms with Crippen molar-refractivity contribution < 1.29 is 4.79 Å². The van der Waals surface area contributed by atoms with Gasteiger partial charge in [-0.05, 0) is 6.92 Å². The highest BCUT2D eigenvalue weighted by Gasteiger charge is 2.06. The van der Waals surface area contributed by atoms with E-state index >= 15 is 0 Å². The van der Waals surface area contributed by atoms with Crippen molar-refractivity contribution in [1.29, 1.82) is 0 Å². The maximum absolute atomic E-state index is 11.1. The van der Waals surface area contributed by atoms with Crippen molar-refractivity contribution in [3.8, 4) is 0 Å². The molecule has 1 aromatic rings. The molecule has 0 aliphatic rings. The Kier molecular flexibility index (Phi) is 3.25. The lowest BCUT2D eigenvalue weighted by atomic mass is 10.3. The molecule has 0 saturated carbocycles. The van der Waals surface area contributed by atoms with Crippen LogP contribution in [0.1, 0.15) is 17.3 Å². The van der Waals surface area contributed by atoms with Gasteiger partial charge in [0.25, 0.3) is 0 Å². The second-order valence-electron chi connectivity index (χ2n) is 2.94. The summed E-state index contributed by atoms with van der Waals surface area (Å²) in [7, 11) is 0. The molecule has 0 fully saturated rings. The maximum Gasteiger partial charge on any atom is 0.180 e. The van der Waals surface area contributed by atoms with Crippen LogP contribution >= 0.6 is 11.6 Å². The summed E-state index contributed by atoms with van der Waals surface area (Å²) in [5.74, 6) is -0.103. The molecule has 0 spiro atoms. The van der Waals surface area contributed by atoms with E-state index in [9.17, 15) is 4.79 Å². The molecular weight excluding hydrogens is 188 g/mol. The third-order valence-corrected chi connectivity index (χ3v) is 1.75. The average Bonchev–Trinajstić information content (AvgIpc) is 2.50. The fourth-order valence-corrected chi connectivity index (χ4v) is 1.10. The predicted molar refractivity (Wildman–Crippen MR) is 52.1 cm³/mol. The minimum absolute atomic E-state index is 0.00123. The van der Waals surface area contributed by atoms with Crippen molar-refractivity contribution in [3.05, 3.63) is 30.1 Å². The summed E-state index contributed by atoms with van der Waals surface area (Å²) in [4.78, 5) is 11.1. The number of aromatic nitrogens is 2. The number of ketones is 1. The molecule has 0 radical (unpaired) electrons. The molecule has 3 nitrogen and oxygen atoms in total. The van der Waals surface area contributed by atoms with Gasteiger partial charge in [0, 0.05) is 6.20 Å². The summed E-state index contributed by atoms with van der Waals surface area (Å²) in [5.41, 5.74) is 1.55. The van der Waals surface area contributed by atoms with Crippen LogP contribution in [0.3, 0.4) is 0 Å². The van der Waals surface area contributed by atoms with E-state index in [0.29, 0.717) is 12.1 Å². The lowest BCUT2D eigenvalue weighted by Gasteiger charge is -1.97. The van der Waals surface area contributed by atoms with Crippen molar-refractivity contribution >= 4 is 17.4 Å². The van der Waals surface area contributed by atoms with Gasteiger partial charge < -0.3 is 0 Å². The molecule has 0 bridgehead atoms. The molecule has 13 heavy (non-hydrogen) atoms. The Bertz CT molecular complexity index is 330. The van der Waals surface area contributed by atoms with Crippen LogP contribution in [-0.4, -0.2) is 21.4 Å². The Morgan fingerprint density at radius 2 is 2.46 bits per heavy atom. The zero-order chi connectivity index (χ0) is 9.84. The Balaban J connectivity index is 2.74. The largest absolute Gasteiger partial charge is 0.293 e. The Labute approximate surface area is 82.0 Å². The summed E-state index contributed by atoms with van der Waals surface area (Å²) >= 11 is 5.40. The van der Waals surface area contributed by atoms with E-state index < -0.39 is 0 Å². The van der Waals surface area contributed by atoms with Gasteiger partial charge in [-0.3, -0.25) is 9.48 Å². The highest BCUT2D eigenvalue weighted by Crippen LogP contribution is 2.02. The fraction of sp³-hybridized carbons (Fsp3) is 0.333. The lowest BCUT2D eigenvalue weighted by Crippen LogP contribution is -2.00. The van der Waals surface area contributed by atoms with Crippen molar-refractivity contribution in [1.82, 2.24) is 9.78 Å². The molecule has 0 atom stereocenters. The smallest absolute Gasteiger partial charge is 0.180 e. The molecule has 4 heteroatoms.